The zero-order valence-corrected chi connectivity index (χ0v) is 18.6. The van der Waals surface area contributed by atoms with Crippen LogP contribution in [-0.4, -0.2) is 41.8 Å². The summed E-state index contributed by atoms with van der Waals surface area (Å²) in [7, 11) is 1.42. The molecule has 2 aromatic rings. The van der Waals surface area contributed by atoms with Crippen molar-refractivity contribution in [3.8, 4) is 11.5 Å². The molecule has 0 radical (unpaired) electrons. The second kappa shape index (κ2) is 8.77. The van der Waals surface area contributed by atoms with Gasteiger partial charge in [-0.05, 0) is 29.7 Å². The Labute approximate surface area is 186 Å². The molecule has 1 heterocycles. The summed E-state index contributed by atoms with van der Waals surface area (Å²) < 4.78 is 11.5. The molecule has 0 fully saturated rings. The Hall–Kier alpha value is -2.77. The molecule has 0 saturated heterocycles. The van der Waals surface area contributed by atoms with E-state index in [0.29, 0.717) is 28.4 Å². The minimum Gasteiger partial charge on any atom is -0.504 e. The largest absolute Gasteiger partial charge is 0.504 e. The van der Waals surface area contributed by atoms with Crippen molar-refractivity contribution in [3.05, 3.63) is 52.5 Å². The van der Waals surface area contributed by atoms with Crippen molar-refractivity contribution >= 4 is 29.2 Å². The number of amides is 1. The highest BCUT2D eigenvalue weighted by atomic mass is 35.5. The number of hydrogen-bond acceptors (Lipinski definition) is 5. The number of phenolic OH excluding ortho intramolecular Hbond substituents is 1. The number of nitrogens with zero attached hydrogens (tertiary/aromatic N) is 1. The number of para-hydroxylation sites is 1. The Morgan fingerprint density at radius 1 is 1.23 bits per heavy atom. The summed E-state index contributed by atoms with van der Waals surface area (Å²) in [6.45, 7) is 6.32. The quantitative estimate of drug-likeness (QED) is 0.705. The van der Waals surface area contributed by atoms with Crippen molar-refractivity contribution in [1.82, 2.24) is 0 Å². The molecule has 2 N–H and O–H groups in total. The van der Waals surface area contributed by atoms with Gasteiger partial charge in [0.1, 0.15) is 12.2 Å². The number of benzene rings is 2. The standard InChI is InChI=1S/C23H26ClNO6/c1-23(2,3)12-25-16-9-8-13(24)10-15(16)20(31-18(22(25)29)11-19(27)28)14-6-5-7-17(26)21(14)30-4/h5-10,18,20,26H,11-12H2,1-4H3,(H,27,28). The number of anilines is 1. The van der Waals surface area contributed by atoms with Gasteiger partial charge < -0.3 is 24.6 Å². The number of aromatic hydroxyl groups is 1. The van der Waals surface area contributed by atoms with Gasteiger partial charge >= 0.3 is 5.97 Å². The topological polar surface area (TPSA) is 96.3 Å². The van der Waals surface area contributed by atoms with E-state index < -0.39 is 30.5 Å². The summed E-state index contributed by atoms with van der Waals surface area (Å²) in [6.07, 6.45) is -2.61. The lowest BCUT2D eigenvalue weighted by Gasteiger charge is -2.31. The third-order valence-corrected chi connectivity index (χ3v) is 5.14. The third-order valence-electron chi connectivity index (χ3n) is 4.91. The number of carboxylic acid groups (broad SMARTS) is 1. The van der Waals surface area contributed by atoms with Gasteiger partial charge in [-0.3, -0.25) is 9.59 Å². The fourth-order valence-corrected chi connectivity index (χ4v) is 3.89. The van der Waals surface area contributed by atoms with Crippen LogP contribution < -0.4 is 9.64 Å². The van der Waals surface area contributed by atoms with Crippen LogP contribution in [0.5, 0.6) is 11.5 Å². The predicted octanol–water partition coefficient (Wildman–Crippen LogP) is 4.40. The predicted molar refractivity (Wildman–Crippen MR) is 117 cm³/mol. The van der Waals surface area contributed by atoms with Crippen LogP contribution in [0.25, 0.3) is 0 Å². The zero-order valence-electron chi connectivity index (χ0n) is 17.9. The first-order valence-electron chi connectivity index (χ1n) is 9.86. The number of halogens is 1. The molecule has 0 bridgehead atoms. The van der Waals surface area contributed by atoms with E-state index in [9.17, 15) is 19.8 Å². The summed E-state index contributed by atoms with van der Waals surface area (Å²) in [6, 6.07) is 9.91. The summed E-state index contributed by atoms with van der Waals surface area (Å²) in [4.78, 5) is 26.5. The van der Waals surface area contributed by atoms with Crippen molar-refractivity contribution in [1.29, 1.82) is 0 Å². The molecule has 2 aromatic carbocycles. The van der Waals surface area contributed by atoms with Gasteiger partial charge in [0, 0.05) is 28.4 Å². The van der Waals surface area contributed by atoms with Gasteiger partial charge in [-0.25, -0.2) is 0 Å². The van der Waals surface area contributed by atoms with Crippen LogP contribution >= 0.6 is 11.6 Å². The van der Waals surface area contributed by atoms with Crippen LogP contribution in [0.4, 0.5) is 5.69 Å². The van der Waals surface area contributed by atoms with E-state index in [1.807, 2.05) is 20.8 Å². The van der Waals surface area contributed by atoms with Crippen LogP contribution in [0.3, 0.4) is 0 Å². The number of carboxylic acids is 1. The first kappa shape index (κ1) is 22.9. The number of fused-ring (bicyclic) bond motifs is 1. The van der Waals surface area contributed by atoms with Gasteiger partial charge in [-0.2, -0.15) is 0 Å². The second-order valence-corrected chi connectivity index (χ2v) is 9.13. The second-order valence-electron chi connectivity index (χ2n) is 8.69. The highest BCUT2D eigenvalue weighted by molar-refractivity contribution is 6.30. The summed E-state index contributed by atoms with van der Waals surface area (Å²) in [5, 5.41) is 20.1. The highest BCUT2D eigenvalue weighted by Gasteiger charge is 2.40. The molecular weight excluding hydrogens is 422 g/mol. The number of carbonyl (C=O) groups is 2. The maximum absolute atomic E-state index is 13.4. The Bertz CT molecular complexity index is 1000. The van der Waals surface area contributed by atoms with Crippen LogP contribution in [0.15, 0.2) is 36.4 Å². The molecule has 0 aliphatic carbocycles. The molecule has 1 amide bonds. The Morgan fingerprint density at radius 3 is 2.55 bits per heavy atom. The van der Waals surface area contributed by atoms with Gasteiger partial charge in [-0.1, -0.05) is 44.5 Å². The fourth-order valence-electron chi connectivity index (χ4n) is 3.71. The zero-order chi connectivity index (χ0) is 22.9. The van der Waals surface area contributed by atoms with E-state index in [2.05, 4.69) is 0 Å². The van der Waals surface area contributed by atoms with E-state index in [0.717, 1.165) is 0 Å². The molecule has 7 nitrogen and oxygen atoms in total. The average molecular weight is 448 g/mol. The maximum atomic E-state index is 13.4. The van der Waals surface area contributed by atoms with Gasteiger partial charge in [-0.15, -0.1) is 0 Å². The van der Waals surface area contributed by atoms with Gasteiger partial charge in [0.2, 0.25) is 0 Å². The normalized spacial score (nSPS) is 19.0. The van der Waals surface area contributed by atoms with Crippen LogP contribution in [0.1, 0.15) is 44.4 Å². The number of methoxy groups -OCH3 is 1. The van der Waals surface area contributed by atoms with Gasteiger partial charge in [0.15, 0.2) is 11.5 Å². The SMILES string of the molecule is COc1c(O)cccc1C1OC(CC(=O)O)C(=O)N(CC(C)(C)C)c2ccc(Cl)cc21. The van der Waals surface area contributed by atoms with Gasteiger partial charge in [0.05, 0.1) is 13.5 Å². The molecule has 166 valence electrons. The van der Waals surface area contributed by atoms with E-state index >= 15 is 0 Å². The number of rotatable bonds is 5. The monoisotopic (exact) mass is 447 g/mol. The number of phenols is 1. The van der Waals surface area contributed by atoms with Crippen molar-refractivity contribution in [2.45, 2.75) is 39.4 Å². The lowest BCUT2D eigenvalue weighted by Crippen LogP contribution is -2.44. The number of ether oxygens (including phenoxy) is 2. The Morgan fingerprint density at radius 2 is 1.94 bits per heavy atom. The van der Waals surface area contributed by atoms with Gasteiger partial charge in [0.25, 0.3) is 5.91 Å². The first-order valence-corrected chi connectivity index (χ1v) is 10.2. The lowest BCUT2D eigenvalue weighted by atomic mass is 9.94. The fraction of sp³-hybridized carbons (Fsp3) is 0.391. The van der Waals surface area contributed by atoms with Crippen molar-refractivity contribution in [2.75, 3.05) is 18.6 Å². The molecule has 1 aliphatic heterocycles. The molecule has 2 atom stereocenters. The van der Waals surface area contributed by atoms with Crippen molar-refractivity contribution in [2.24, 2.45) is 5.41 Å². The maximum Gasteiger partial charge on any atom is 0.306 e. The summed E-state index contributed by atoms with van der Waals surface area (Å²) in [5.41, 5.74) is 1.37. The molecule has 2 unspecified atom stereocenters. The minimum atomic E-state index is -1.23. The summed E-state index contributed by atoms with van der Waals surface area (Å²) >= 11 is 6.29. The molecule has 8 heteroatoms. The lowest BCUT2D eigenvalue weighted by molar-refractivity contribution is -0.147. The number of hydrogen-bond donors (Lipinski definition) is 2. The van der Waals surface area contributed by atoms with E-state index in [1.165, 1.54) is 13.2 Å². The minimum absolute atomic E-state index is 0.0934. The number of aliphatic carboxylic acids is 1. The van der Waals surface area contributed by atoms with E-state index in [1.54, 1.807) is 35.2 Å². The van der Waals surface area contributed by atoms with E-state index in [4.69, 9.17) is 21.1 Å². The highest BCUT2D eigenvalue weighted by Crippen LogP contribution is 2.45. The molecule has 3 rings (SSSR count). The van der Waals surface area contributed by atoms with Crippen LogP contribution in [-0.2, 0) is 14.3 Å². The molecule has 1 aliphatic rings. The molecule has 0 aromatic heterocycles. The average Bonchev–Trinajstić information content (AvgIpc) is 2.77. The molecule has 31 heavy (non-hydrogen) atoms. The Balaban J connectivity index is 2.26. The third kappa shape index (κ3) is 4.94. The smallest absolute Gasteiger partial charge is 0.306 e. The molecule has 0 saturated carbocycles. The molecule has 0 spiro atoms. The summed E-state index contributed by atoms with van der Waals surface area (Å²) in [5.74, 6) is -1.50. The van der Waals surface area contributed by atoms with Crippen LogP contribution in [0, 0.1) is 5.41 Å². The van der Waals surface area contributed by atoms with Crippen LogP contribution in [0.2, 0.25) is 5.02 Å². The molecular formula is C23H26ClNO6. The Kier molecular flexibility index (Phi) is 6.48. The van der Waals surface area contributed by atoms with E-state index in [-0.39, 0.29) is 16.9 Å². The van der Waals surface area contributed by atoms with Crippen molar-refractivity contribution < 1.29 is 29.3 Å². The van der Waals surface area contributed by atoms with Crippen molar-refractivity contribution in [3.63, 3.8) is 0 Å². The first-order chi connectivity index (χ1) is 14.5. The number of carbonyl (C=O) groups excluding carboxylic acids is 1.